The first-order valence-corrected chi connectivity index (χ1v) is 9.60. The summed E-state index contributed by atoms with van der Waals surface area (Å²) in [4.78, 5) is 11.5. The molecule has 0 amide bonds. The second-order valence-electron chi connectivity index (χ2n) is 6.26. The molecule has 0 aliphatic carbocycles. The van der Waals surface area contributed by atoms with Crippen molar-refractivity contribution in [2.45, 2.75) is 6.54 Å². The third-order valence-electron chi connectivity index (χ3n) is 4.55. The molecule has 0 unspecified atom stereocenters. The fourth-order valence-corrected chi connectivity index (χ4v) is 4.07. The normalized spacial score (nSPS) is 10.7. The monoisotopic (exact) mass is 373 g/mol. The summed E-state index contributed by atoms with van der Waals surface area (Å²) in [5.74, 6) is -0.320. The molecule has 0 saturated heterocycles. The van der Waals surface area contributed by atoms with Crippen LogP contribution in [0.25, 0.3) is 21.2 Å². The summed E-state index contributed by atoms with van der Waals surface area (Å²) in [6, 6.07) is 24.4. The Kier molecular flexibility index (Phi) is 4.90. The van der Waals surface area contributed by atoms with Gasteiger partial charge in [-0.1, -0.05) is 42.5 Å². The Balaban J connectivity index is 1.50. The number of hydrogen-bond donors (Lipinski definition) is 1. The topological polar surface area (TPSA) is 38.3 Å². The van der Waals surface area contributed by atoms with Crippen molar-refractivity contribution in [1.82, 2.24) is 0 Å². The van der Waals surface area contributed by atoms with Gasteiger partial charge in [0.2, 0.25) is 0 Å². The Labute approximate surface area is 162 Å². The molecule has 4 heteroatoms. The average Bonchev–Trinajstić information content (AvgIpc) is 3.15. The molecule has 4 rings (SSSR count). The Morgan fingerprint density at radius 2 is 1.74 bits per heavy atom. The lowest BCUT2D eigenvalue weighted by Crippen LogP contribution is -2.02. The second kappa shape index (κ2) is 7.64. The fourth-order valence-electron chi connectivity index (χ4n) is 3.07. The van der Waals surface area contributed by atoms with Gasteiger partial charge in [0.05, 0.1) is 12.7 Å². The number of benzene rings is 3. The zero-order valence-electron chi connectivity index (χ0n) is 14.9. The summed E-state index contributed by atoms with van der Waals surface area (Å²) in [6.07, 6.45) is 0. The molecular formula is C23H19NO2S. The van der Waals surface area contributed by atoms with Gasteiger partial charge >= 0.3 is 5.97 Å². The van der Waals surface area contributed by atoms with Gasteiger partial charge in [0.25, 0.3) is 0 Å². The minimum atomic E-state index is -0.320. The van der Waals surface area contributed by atoms with E-state index >= 15 is 0 Å². The van der Waals surface area contributed by atoms with Gasteiger partial charge in [-0.2, -0.15) is 0 Å². The molecule has 1 aromatic heterocycles. The maximum absolute atomic E-state index is 11.5. The Morgan fingerprint density at radius 1 is 0.963 bits per heavy atom. The number of thiophene rings is 1. The molecule has 27 heavy (non-hydrogen) atoms. The molecule has 1 heterocycles. The van der Waals surface area contributed by atoms with Crippen LogP contribution in [-0.4, -0.2) is 13.1 Å². The van der Waals surface area contributed by atoms with E-state index in [1.807, 2.05) is 18.2 Å². The Hall–Kier alpha value is -3.11. The van der Waals surface area contributed by atoms with Crippen molar-refractivity contribution in [2.75, 3.05) is 12.4 Å². The minimum absolute atomic E-state index is 0.320. The van der Waals surface area contributed by atoms with E-state index in [0.29, 0.717) is 5.56 Å². The van der Waals surface area contributed by atoms with E-state index in [1.54, 1.807) is 23.5 Å². The maximum atomic E-state index is 11.5. The highest BCUT2D eigenvalue weighted by Gasteiger charge is 2.07. The third-order valence-corrected chi connectivity index (χ3v) is 5.55. The number of esters is 1. The smallest absolute Gasteiger partial charge is 0.337 e. The SMILES string of the molecule is COC(=O)c1ccc(NCc2csc3cc(-c4ccccc4)ccc23)cc1. The van der Waals surface area contributed by atoms with Crippen LogP contribution in [0.2, 0.25) is 0 Å². The summed E-state index contributed by atoms with van der Waals surface area (Å²) < 4.78 is 6.01. The number of hydrogen-bond acceptors (Lipinski definition) is 4. The maximum Gasteiger partial charge on any atom is 0.337 e. The quantitative estimate of drug-likeness (QED) is 0.438. The van der Waals surface area contributed by atoms with E-state index in [1.165, 1.54) is 33.9 Å². The number of anilines is 1. The van der Waals surface area contributed by atoms with E-state index in [4.69, 9.17) is 4.74 Å². The number of methoxy groups -OCH3 is 1. The van der Waals surface area contributed by atoms with Crippen molar-refractivity contribution >= 4 is 33.1 Å². The van der Waals surface area contributed by atoms with Crippen molar-refractivity contribution in [1.29, 1.82) is 0 Å². The number of carbonyl (C=O) groups excluding carboxylic acids is 1. The predicted molar refractivity (Wildman–Crippen MR) is 112 cm³/mol. The first-order valence-electron chi connectivity index (χ1n) is 8.72. The standard InChI is InChI=1S/C23H19NO2S/c1-26-23(25)17-7-10-20(11-8-17)24-14-19-15-27-22-13-18(9-12-21(19)22)16-5-3-2-4-6-16/h2-13,15,24H,14H2,1H3. The van der Waals surface area contributed by atoms with Gasteiger partial charge in [0, 0.05) is 16.9 Å². The van der Waals surface area contributed by atoms with Crippen LogP contribution in [0.4, 0.5) is 5.69 Å². The third kappa shape index (κ3) is 3.71. The Bertz CT molecular complexity index is 1070. The average molecular weight is 373 g/mol. The van der Waals surface area contributed by atoms with E-state index < -0.39 is 0 Å². The molecule has 0 radical (unpaired) electrons. The van der Waals surface area contributed by atoms with E-state index in [0.717, 1.165) is 12.2 Å². The van der Waals surface area contributed by atoms with Crippen LogP contribution < -0.4 is 5.32 Å². The van der Waals surface area contributed by atoms with E-state index in [9.17, 15) is 4.79 Å². The fraction of sp³-hybridized carbons (Fsp3) is 0.0870. The van der Waals surface area contributed by atoms with Crippen molar-refractivity contribution in [3.63, 3.8) is 0 Å². The number of nitrogens with one attached hydrogen (secondary N) is 1. The van der Waals surface area contributed by atoms with Crippen molar-refractivity contribution in [3.8, 4) is 11.1 Å². The number of carbonyl (C=O) groups is 1. The molecule has 0 fully saturated rings. The zero-order chi connectivity index (χ0) is 18.6. The summed E-state index contributed by atoms with van der Waals surface area (Å²) in [5, 5.41) is 6.90. The van der Waals surface area contributed by atoms with Crippen molar-refractivity contribution in [3.05, 3.63) is 89.3 Å². The summed E-state index contributed by atoms with van der Waals surface area (Å²) in [7, 11) is 1.39. The van der Waals surface area contributed by atoms with E-state index in [2.05, 4.69) is 53.2 Å². The van der Waals surface area contributed by atoms with E-state index in [-0.39, 0.29) is 5.97 Å². The van der Waals surface area contributed by atoms with Gasteiger partial charge in [-0.15, -0.1) is 11.3 Å². The lowest BCUT2D eigenvalue weighted by Gasteiger charge is -2.07. The first kappa shape index (κ1) is 17.3. The lowest BCUT2D eigenvalue weighted by molar-refractivity contribution is 0.0601. The molecular weight excluding hydrogens is 354 g/mol. The Morgan fingerprint density at radius 3 is 2.48 bits per heavy atom. The van der Waals surface area contributed by atoms with Crippen LogP contribution in [0.3, 0.4) is 0 Å². The molecule has 0 spiro atoms. The molecule has 1 N–H and O–H groups in total. The summed E-state index contributed by atoms with van der Waals surface area (Å²) in [6.45, 7) is 0.738. The van der Waals surface area contributed by atoms with Crippen LogP contribution in [0, 0.1) is 0 Å². The van der Waals surface area contributed by atoms with Crippen LogP contribution in [-0.2, 0) is 11.3 Å². The van der Waals surface area contributed by atoms with Gasteiger partial charge < -0.3 is 10.1 Å². The number of fused-ring (bicyclic) bond motifs is 1. The molecule has 0 aliphatic heterocycles. The van der Waals surface area contributed by atoms with Gasteiger partial charge in [-0.25, -0.2) is 4.79 Å². The van der Waals surface area contributed by atoms with Crippen molar-refractivity contribution < 1.29 is 9.53 Å². The van der Waals surface area contributed by atoms with Crippen LogP contribution in [0.15, 0.2) is 78.2 Å². The molecule has 3 aromatic carbocycles. The van der Waals surface area contributed by atoms with Crippen LogP contribution in [0.5, 0.6) is 0 Å². The molecule has 0 bridgehead atoms. The van der Waals surface area contributed by atoms with Gasteiger partial charge in [-0.05, 0) is 57.8 Å². The highest BCUT2D eigenvalue weighted by Crippen LogP contribution is 2.31. The molecule has 0 saturated carbocycles. The van der Waals surface area contributed by atoms with Gasteiger partial charge in [-0.3, -0.25) is 0 Å². The molecule has 0 aliphatic rings. The number of ether oxygens (including phenoxy) is 1. The van der Waals surface area contributed by atoms with Gasteiger partial charge in [0.15, 0.2) is 0 Å². The van der Waals surface area contributed by atoms with Crippen LogP contribution in [0.1, 0.15) is 15.9 Å². The van der Waals surface area contributed by atoms with Crippen LogP contribution >= 0.6 is 11.3 Å². The zero-order valence-corrected chi connectivity index (χ0v) is 15.8. The number of rotatable bonds is 5. The summed E-state index contributed by atoms with van der Waals surface area (Å²) >= 11 is 1.77. The molecule has 0 atom stereocenters. The van der Waals surface area contributed by atoms with Crippen molar-refractivity contribution in [2.24, 2.45) is 0 Å². The molecule has 3 nitrogen and oxygen atoms in total. The highest BCUT2D eigenvalue weighted by atomic mass is 32.1. The molecule has 4 aromatic rings. The summed E-state index contributed by atoms with van der Waals surface area (Å²) in [5.41, 5.74) is 5.27. The minimum Gasteiger partial charge on any atom is -0.465 e. The van der Waals surface area contributed by atoms with Gasteiger partial charge in [0.1, 0.15) is 0 Å². The first-order chi connectivity index (χ1) is 13.2. The molecule has 134 valence electrons. The predicted octanol–water partition coefficient (Wildman–Crippen LogP) is 5.97. The largest absolute Gasteiger partial charge is 0.465 e. The lowest BCUT2D eigenvalue weighted by atomic mass is 10.0. The second-order valence-corrected chi connectivity index (χ2v) is 7.17. The highest BCUT2D eigenvalue weighted by molar-refractivity contribution is 7.17.